The fraction of sp³-hybridized carbons (Fsp3) is 0.0833. The molecule has 0 aliphatic rings. The third-order valence-corrected chi connectivity index (χ3v) is 4.12. The number of nitrogens with two attached hydrogens (primary N) is 1. The van der Waals surface area contributed by atoms with Crippen LogP contribution in [-0.2, 0) is 10.0 Å². The first-order valence-electron chi connectivity index (χ1n) is 5.49. The van der Waals surface area contributed by atoms with Crippen molar-refractivity contribution in [3.05, 3.63) is 47.0 Å². The van der Waals surface area contributed by atoms with Crippen LogP contribution >= 0.6 is 11.6 Å². The van der Waals surface area contributed by atoms with Crippen molar-refractivity contribution in [1.82, 2.24) is 4.98 Å². The van der Waals surface area contributed by atoms with E-state index in [1.807, 2.05) is 0 Å². The van der Waals surface area contributed by atoms with Crippen LogP contribution in [-0.4, -0.2) is 13.4 Å². The zero-order valence-electron chi connectivity index (χ0n) is 10.4. The van der Waals surface area contributed by atoms with E-state index in [4.69, 9.17) is 17.3 Å². The molecule has 0 saturated carbocycles. The van der Waals surface area contributed by atoms with Crippen LogP contribution in [0.3, 0.4) is 0 Å². The minimum absolute atomic E-state index is 0.152. The fourth-order valence-corrected chi connectivity index (χ4v) is 2.95. The number of sulfonamides is 1. The highest BCUT2D eigenvalue weighted by Gasteiger charge is 2.21. The summed E-state index contributed by atoms with van der Waals surface area (Å²) in [5.41, 5.74) is 6.04. The Labute approximate surface area is 120 Å². The van der Waals surface area contributed by atoms with Gasteiger partial charge >= 0.3 is 0 Å². The summed E-state index contributed by atoms with van der Waals surface area (Å²) in [6.07, 6.45) is 1.23. The molecule has 5 nitrogen and oxygen atoms in total. The van der Waals surface area contributed by atoms with Crippen molar-refractivity contribution in [1.29, 1.82) is 0 Å². The third kappa shape index (κ3) is 3.00. The molecule has 20 heavy (non-hydrogen) atoms. The van der Waals surface area contributed by atoms with Crippen LogP contribution in [0.5, 0.6) is 0 Å². The Morgan fingerprint density at radius 1 is 1.35 bits per heavy atom. The van der Waals surface area contributed by atoms with Crippen LogP contribution in [0.1, 0.15) is 5.56 Å². The van der Waals surface area contributed by atoms with E-state index in [1.165, 1.54) is 31.3 Å². The normalized spacial score (nSPS) is 11.3. The van der Waals surface area contributed by atoms with E-state index in [0.29, 0.717) is 0 Å². The van der Waals surface area contributed by atoms with Gasteiger partial charge in [0.1, 0.15) is 15.9 Å². The maximum Gasteiger partial charge on any atom is 0.264 e. The lowest BCUT2D eigenvalue weighted by atomic mass is 10.2. The fourth-order valence-electron chi connectivity index (χ4n) is 1.61. The van der Waals surface area contributed by atoms with E-state index in [-0.39, 0.29) is 22.1 Å². The van der Waals surface area contributed by atoms with E-state index < -0.39 is 20.7 Å². The molecule has 0 fully saturated rings. The minimum atomic E-state index is -4.09. The predicted octanol–water partition coefficient (Wildman–Crippen LogP) is 2.57. The molecule has 0 radical (unpaired) electrons. The van der Waals surface area contributed by atoms with Crippen molar-refractivity contribution >= 4 is 33.0 Å². The van der Waals surface area contributed by atoms with Crippen LogP contribution in [0.25, 0.3) is 0 Å². The minimum Gasteiger partial charge on any atom is -0.399 e. The van der Waals surface area contributed by atoms with Gasteiger partial charge in [0.15, 0.2) is 0 Å². The molecule has 2 rings (SSSR count). The lowest BCUT2D eigenvalue weighted by Crippen LogP contribution is -2.15. The number of hydrogen-bond donors (Lipinski definition) is 2. The molecule has 0 bridgehead atoms. The molecule has 2 aromatic rings. The standard InChI is InChI=1S/C12H11ClFN3O2S/c1-7-4-8(15)5-10(12(7)14)20(18,19)17-9-2-3-11(13)16-6-9/h2-6,17H,15H2,1H3. The lowest BCUT2D eigenvalue weighted by Gasteiger charge is -2.10. The van der Waals surface area contributed by atoms with Gasteiger partial charge in [-0.15, -0.1) is 0 Å². The molecule has 0 spiro atoms. The van der Waals surface area contributed by atoms with Crippen molar-refractivity contribution in [2.45, 2.75) is 11.8 Å². The number of benzene rings is 1. The molecule has 1 aromatic carbocycles. The van der Waals surface area contributed by atoms with Gasteiger partial charge in [-0.05, 0) is 36.8 Å². The highest BCUT2D eigenvalue weighted by Crippen LogP contribution is 2.24. The maximum atomic E-state index is 13.9. The largest absolute Gasteiger partial charge is 0.399 e. The highest BCUT2D eigenvalue weighted by atomic mass is 35.5. The van der Waals surface area contributed by atoms with Gasteiger partial charge in [-0.1, -0.05) is 11.6 Å². The van der Waals surface area contributed by atoms with Gasteiger partial charge in [0.2, 0.25) is 0 Å². The number of rotatable bonds is 3. The second-order valence-corrected chi connectivity index (χ2v) is 6.16. The van der Waals surface area contributed by atoms with E-state index in [1.54, 1.807) is 0 Å². The van der Waals surface area contributed by atoms with E-state index in [0.717, 1.165) is 6.07 Å². The van der Waals surface area contributed by atoms with Crippen molar-refractivity contribution in [2.75, 3.05) is 10.5 Å². The van der Waals surface area contributed by atoms with Crippen molar-refractivity contribution in [2.24, 2.45) is 0 Å². The quantitative estimate of drug-likeness (QED) is 0.673. The smallest absolute Gasteiger partial charge is 0.264 e. The summed E-state index contributed by atoms with van der Waals surface area (Å²) >= 11 is 5.60. The van der Waals surface area contributed by atoms with Gasteiger partial charge in [0.05, 0.1) is 11.9 Å². The number of aromatic nitrogens is 1. The molecule has 0 aliphatic carbocycles. The van der Waals surface area contributed by atoms with Crippen LogP contribution in [0.15, 0.2) is 35.4 Å². The van der Waals surface area contributed by atoms with Crippen LogP contribution in [0, 0.1) is 12.7 Å². The van der Waals surface area contributed by atoms with Crippen LogP contribution < -0.4 is 10.5 Å². The van der Waals surface area contributed by atoms with E-state index in [9.17, 15) is 12.8 Å². The Balaban J connectivity index is 2.43. The highest BCUT2D eigenvalue weighted by molar-refractivity contribution is 7.92. The Bertz CT molecular complexity index is 748. The Morgan fingerprint density at radius 2 is 2.05 bits per heavy atom. The summed E-state index contributed by atoms with van der Waals surface area (Å²) in [6.45, 7) is 1.44. The monoisotopic (exact) mass is 315 g/mol. The molecule has 0 unspecified atom stereocenters. The van der Waals surface area contributed by atoms with Crippen molar-refractivity contribution < 1.29 is 12.8 Å². The average molecular weight is 316 g/mol. The molecular weight excluding hydrogens is 305 g/mol. The van der Waals surface area contributed by atoms with E-state index >= 15 is 0 Å². The molecule has 0 amide bonds. The second-order valence-electron chi connectivity index (χ2n) is 4.13. The summed E-state index contributed by atoms with van der Waals surface area (Å²) < 4.78 is 40.4. The first kappa shape index (κ1) is 14.5. The van der Waals surface area contributed by atoms with Gasteiger partial charge in [-0.2, -0.15) is 0 Å². The Hall–Kier alpha value is -1.86. The molecule has 3 N–H and O–H groups in total. The molecule has 1 heterocycles. The summed E-state index contributed by atoms with van der Waals surface area (Å²) in [5.74, 6) is -0.839. The summed E-state index contributed by atoms with van der Waals surface area (Å²) in [5, 5.41) is 0.221. The van der Waals surface area contributed by atoms with Gasteiger partial charge in [-0.3, -0.25) is 4.72 Å². The topological polar surface area (TPSA) is 85.1 Å². The van der Waals surface area contributed by atoms with E-state index in [2.05, 4.69) is 9.71 Å². The molecule has 8 heteroatoms. The number of pyridine rings is 1. The SMILES string of the molecule is Cc1cc(N)cc(S(=O)(=O)Nc2ccc(Cl)nc2)c1F. The number of nitrogens with one attached hydrogen (secondary N) is 1. The first-order valence-corrected chi connectivity index (χ1v) is 7.36. The predicted molar refractivity (Wildman–Crippen MR) is 75.6 cm³/mol. The first-order chi connectivity index (χ1) is 9.29. The number of hydrogen-bond acceptors (Lipinski definition) is 4. The zero-order valence-corrected chi connectivity index (χ0v) is 12.0. The summed E-state index contributed by atoms with van der Waals surface area (Å²) in [6, 6.07) is 5.26. The zero-order chi connectivity index (χ0) is 14.9. The molecule has 0 atom stereocenters. The summed E-state index contributed by atoms with van der Waals surface area (Å²) in [4.78, 5) is 3.23. The van der Waals surface area contributed by atoms with Crippen molar-refractivity contribution in [3.8, 4) is 0 Å². The summed E-state index contributed by atoms with van der Waals surface area (Å²) in [7, 11) is -4.09. The Kier molecular flexibility index (Phi) is 3.82. The number of nitrogens with zero attached hydrogens (tertiary/aromatic N) is 1. The maximum absolute atomic E-state index is 13.9. The molecular formula is C12H11ClFN3O2S. The lowest BCUT2D eigenvalue weighted by molar-refractivity contribution is 0.565. The van der Waals surface area contributed by atoms with Gasteiger partial charge in [0, 0.05) is 5.69 Å². The number of nitrogen functional groups attached to an aromatic ring is 1. The van der Waals surface area contributed by atoms with Gasteiger partial charge in [-0.25, -0.2) is 17.8 Å². The Morgan fingerprint density at radius 3 is 2.65 bits per heavy atom. The van der Waals surface area contributed by atoms with Gasteiger partial charge in [0.25, 0.3) is 10.0 Å². The average Bonchev–Trinajstić information content (AvgIpc) is 2.36. The number of halogens is 2. The van der Waals surface area contributed by atoms with Gasteiger partial charge < -0.3 is 5.73 Å². The van der Waals surface area contributed by atoms with Crippen molar-refractivity contribution in [3.63, 3.8) is 0 Å². The molecule has 0 aliphatic heterocycles. The van der Waals surface area contributed by atoms with Crippen LogP contribution in [0.4, 0.5) is 15.8 Å². The second kappa shape index (κ2) is 5.26. The number of anilines is 2. The van der Waals surface area contributed by atoms with Crippen LogP contribution in [0.2, 0.25) is 5.15 Å². The molecule has 0 saturated heterocycles. The molecule has 1 aromatic heterocycles. The number of aryl methyl sites for hydroxylation is 1. The third-order valence-electron chi connectivity index (χ3n) is 2.51. The molecule has 106 valence electrons.